The van der Waals surface area contributed by atoms with Crippen molar-refractivity contribution in [1.82, 2.24) is 19.9 Å². The number of carbonyl (C=O) groups is 1. The van der Waals surface area contributed by atoms with E-state index in [9.17, 15) is 20.1 Å². The first-order valence-corrected chi connectivity index (χ1v) is 25.6. The maximum Gasteiger partial charge on any atom is 0.316 e. The SMILES string of the molecule is CCC(C)C1OC2(C=CC1C)CC1CC(CC=C(C)C(OC3CC(OC)C(OC4CC(OC)C(O)C(C)O4)C(C)O3)C(C)C=CC=C3COC4C(O)C(C)=CC(C(=O)O1)C34O)O2.Nc1ncnc2nc[nH]c12. The highest BCUT2D eigenvalue weighted by molar-refractivity contribution is 5.80. The Balaban J connectivity index is 0.000000612. The van der Waals surface area contributed by atoms with Crippen LogP contribution in [0.1, 0.15) is 93.9 Å². The lowest BCUT2D eigenvalue weighted by Crippen LogP contribution is -2.58. The second-order valence-corrected chi connectivity index (χ2v) is 20.8. The number of rotatable bonds is 8. The molecule has 9 rings (SSSR count). The Kier molecular flexibility index (Phi) is 17.3. The molecule has 8 heterocycles. The third-order valence-electron chi connectivity index (χ3n) is 15.8. The Bertz CT molecular complexity index is 2340. The Morgan fingerprint density at radius 3 is 2.39 bits per heavy atom. The van der Waals surface area contributed by atoms with Crippen LogP contribution < -0.4 is 5.73 Å². The number of aromatic nitrogens is 4. The van der Waals surface area contributed by atoms with E-state index < -0.39 is 90.8 Å². The zero-order chi connectivity index (χ0) is 51.6. The fourth-order valence-corrected chi connectivity index (χ4v) is 11.3. The van der Waals surface area contributed by atoms with Crippen LogP contribution in [0.3, 0.4) is 0 Å². The molecule has 19 nitrogen and oxygen atoms in total. The first-order chi connectivity index (χ1) is 34.4. The van der Waals surface area contributed by atoms with Gasteiger partial charge in [0.05, 0.1) is 55.7 Å². The van der Waals surface area contributed by atoms with Crippen molar-refractivity contribution >= 4 is 23.0 Å². The minimum atomic E-state index is -1.84. The van der Waals surface area contributed by atoms with Crippen molar-refractivity contribution < 1.29 is 67.5 Å². The van der Waals surface area contributed by atoms with Gasteiger partial charge in [0.25, 0.3) is 0 Å². The number of fused-ring (bicyclic) bond motifs is 3. The summed E-state index contributed by atoms with van der Waals surface area (Å²) in [6.45, 7) is 16.1. The smallest absolute Gasteiger partial charge is 0.316 e. The minimum Gasteiger partial charge on any atom is -0.462 e. The van der Waals surface area contributed by atoms with Crippen LogP contribution >= 0.6 is 0 Å². The van der Waals surface area contributed by atoms with Gasteiger partial charge >= 0.3 is 5.97 Å². The summed E-state index contributed by atoms with van der Waals surface area (Å²) < 4.78 is 63.7. The highest BCUT2D eigenvalue weighted by atomic mass is 16.7. The summed E-state index contributed by atoms with van der Waals surface area (Å²) in [5.41, 5.74) is 6.91. The predicted molar refractivity (Wildman–Crippen MR) is 263 cm³/mol. The number of carbonyl (C=O) groups excluding carboxylic acids is 1. The van der Waals surface area contributed by atoms with Gasteiger partial charge in [0, 0.05) is 51.7 Å². The normalized spacial score (nSPS) is 41.9. The summed E-state index contributed by atoms with van der Waals surface area (Å²) in [7, 11) is 3.22. The molecule has 398 valence electrons. The Labute approximate surface area is 422 Å². The van der Waals surface area contributed by atoms with Crippen molar-refractivity contribution in [2.75, 3.05) is 26.6 Å². The number of nitrogens with zero attached hydrogens (tertiary/aromatic N) is 3. The van der Waals surface area contributed by atoms with E-state index in [0.717, 1.165) is 12.0 Å². The fraction of sp³-hybridized carbons (Fsp3) is 0.698. The molecule has 6 aliphatic heterocycles. The molecule has 2 bridgehead atoms. The fourth-order valence-electron chi connectivity index (χ4n) is 11.3. The van der Waals surface area contributed by atoms with Crippen molar-refractivity contribution in [3.05, 3.63) is 71.9 Å². The molecule has 4 saturated heterocycles. The third-order valence-corrected chi connectivity index (χ3v) is 15.8. The number of nitrogen functional groups attached to an aromatic ring is 1. The van der Waals surface area contributed by atoms with E-state index in [2.05, 4.69) is 59.8 Å². The van der Waals surface area contributed by atoms with Crippen LogP contribution in [0.15, 0.2) is 71.9 Å². The highest BCUT2D eigenvalue weighted by Crippen LogP contribution is 2.47. The molecule has 1 spiro atoms. The van der Waals surface area contributed by atoms with E-state index in [1.807, 2.05) is 32.1 Å². The van der Waals surface area contributed by atoms with Crippen LogP contribution in [0.25, 0.3) is 11.2 Å². The van der Waals surface area contributed by atoms with Gasteiger partial charge in [0.1, 0.15) is 53.9 Å². The monoisotopic (exact) mass is 1010 g/mol. The molecular weight excluding hydrogens is 931 g/mol. The van der Waals surface area contributed by atoms with Crippen LogP contribution in [-0.2, 0) is 52.2 Å². The zero-order valence-electron chi connectivity index (χ0n) is 43.3. The van der Waals surface area contributed by atoms with Gasteiger partial charge in [-0.25, -0.2) is 15.0 Å². The average Bonchev–Trinajstić information content (AvgIpc) is 3.99. The number of allylic oxidation sites excluding steroid dienone is 2. The number of aromatic amines is 1. The second kappa shape index (κ2) is 22.9. The average molecular weight is 1010 g/mol. The van der Waals surface area contributed by atoms with Gasteiger partial charge in [-0.1, -0.05) is 70.6 Å². The number of ether oxygens (including phenoxy) is 10. The van der Waals surface area contributed by atoms with Crippen LogP contribution in [0.4, 0.5) is 5.82 Å². The summed E-state index contributed by atoms with van der Waals surface area (Å²) in [6, 6.07) is 0. The summed E-state index contributed by atoms with van der Waals surface area (Å²) in [5, 5.41) is 34.2. The molecule has 1 aliphatic carbocycles. The Hall–Kier alpha value is -3.96. The minimum absolute atomic E-state index is 0.0317. The molecule has 7 aliphatic rings. The van der Waals surface area contributed by atoms with Crippen LogP contribution in [0.5, 0.6) is 0 Å². The third kappa shape index (κ3) is 11.3. The molecule has 19 heteroatoms. The summed E-state index contributed by atoms with van der Waals surface area (Å²) >= 11 is 0. The number of methoxy groups -OCH3 is 2. The number of aliphatic hydroxyl groups is 3. The predicted octanol–water partition coefficient (Wildman–Crippen LogP) is 5.31. The maximum absolute atomic E-state index is 14.3. The molecule has 0 radical (unpaired) electrons. The van der Waals surface area contributed by atoms with Gasteiger partial charge in [0.15, 0.2) is 29.8 Å². The number of esters is 1. The number of H-pyrrole nitrogens is 1. The van der Waals surface area contributed by atoms with Crippen LogP contribution in [0.2, 0.25) is 0 Å². The Morgan fingerprint density at radius 1 is 0.917 bits per heavy atom. The zero-order valence-corrected chi connectivity index (χ0v) is 43.3. The lowest BCUT2D eigenvalue weighted by Gasteiger charge is -2.48. The number of imidazole rings is 1. The molecule has 4 fully saturated rings. The van der Waals surface area contributed by atoms with Crippen molar-refractivity contribution in [3.8, 4) is 0 Å². The standard InChI is InChI=1S/C48H72O14.C5H5N5/c1-11-25(2)43-28(5)17-18-47(62-43)23-34-20-33(61-47)16-15-27(4)42(26(3)13-12-14-32-24-55-45-40(49)29(6)19-35(46(51)58-34)48(32,45)52)59-39-22-37(54-10)44(31(8)57-39)60-38-21-36(53-9)41(50)30(7)56-38;6-4-3-5(9-1-7-3)10-2-8-4/h12-15,17-19,25-26,28,30-31,33-45,49-50,52H,11,16,20-24H2,1-10H3;1-2H,(H3,6,7,8,9,10). The van der Waals surface area contributed by atoms with Crippen molar-refractivity contribution in [2.24, 2.45) is 23.7 Å². The molecule has 0 aromatic carbocycles. The number of nitrogens with two attached hydrogens (primary N) is 1. The number of aliphatic hydroxyl groups excluding tert-OH is 2. The summed E-state index contributed by atoms with van der Waals surface area (Å²) in [4.78, 5) is 28.7. The van der Waals surface area contributed by atoms with E-state index >= 15 is 0 Å². The molecule has 20 atom stereocenters. The second-order valence-electron chi connectivity index (χ2n) is 20.8. The van der Waals surface area contributed by atoms with Gasteiger partial charge < -0.3 is 73.4 Å². The van der Waals surface area contributed by atoms with Crippen molar-refractivity contribution in [3.63, 3.8) is 0 Å². The molecule has 6 N–H and O–H groups in total. The van der Waals surface area contributed by atoms with E-state index in [-0.39, 0.29) is 42.7 Å². The van der Waals surface area contributed by atoms with Gasteiger partial charge in [0.2, 0.25) is 0 Å². The number of anilines is 1. The first-order valence-electron chi connectivity index (χ1n) is 25.6. The summed E-state index contributed by atoms with van der Waals surface area (Å²) in [5.74, 6) is -2.13. The first kappa shape index (κ1) is 54.3. The quantitative estimate of drug-likeness (QED) is 0.166. The molecule has 20 unspecified atom stereocenters. The van der Waals surface area contributed by atoms with E-state index in [4.69, 9.17) is 53.1 Å². The van der Waals surface area contributed by atoms with E-state index in [1.165, 1.54) is 12.7 Å². The number of hydrogen-bond donors (Lipinski definition) is 5. The van der Waals surface area contributed by atoms with Crippen LogP contribution in [0, 0.1) is 23.7 Å². The van der Waals surface area contributed by atoms with Gasteiger partial charge in [-0.15, -0.1) is 0 Å². The Morgan fingerprint density at radius 2 is 1.65 bits per heavy atom. The van der Waals surface area contributed by atoms with Crippen LogP contribution in [-0.4, -0.2) is 159 Å². The van der Waals surface area contributed by atoms with E-state index in [0.29, 0.717) is 60.2 Å². The topological polar surface area (TPSA) is 251 Å². The van der Waals surface area contributed by atoms with E-state index in [1.54, 1.807) is 40.2 Å². The van der Waals surface area contributed by atoms with Crippen molar-refractivity contribution in [2.45, 2.75) is 191 Å². The molecule has 2 aromatic rings. The lowest BCUT2D eigenvalue weighted by molar-refractivity contribution is -0.318. The summed E-state index contributed by atoms with van der Waals surface area (Å²) in [6.07, 6.45) is 11.5. The molecule has 0 amide bonds. The van der Waals surface area contributed by atoms with Gasteiger partial charge in [-0.3, -0.25) is 4.79 Å². The highest BCUT2D eigenvalue weighted by Gasteiger charge is 2.60. The molecule has 2 aromatic heterocycles. The van der Waals surface area contributed by atoms with Gasteiger partial charge in [-0.05, 0) is 62.8 Å². The van der Waals surface area contributed by atoms with Crippen molar-refractivity contribution in [1.29, 1.82) is 0 Å². The lowest BCUT2D eigenvalue weighted by atomic mass is 9.71. The molecule has 72 heavy (non-hydrogen) atoms. The van der Waals surface area contributed by atoms with Gasteiger partial charge in [-0.2, -0.15) is 0 Å². The number of hydrogen-bond acceptors (Lipinski definition) is 18. The largest absolute Gasteiger partial charge is 0.462 e. The number of nitrogens with one attached hydrogen (secondary N) is 1. The molecule has 0 saturated carbocycles. The maximum atomic E-state index is 14.3. The molecular formula is C53H77N5O14.